The van der Waals surface area contributed by atoms with Crippen molar-refractivity contribution in [2.45, 2.75) is 51.5 Å². The van der Waals surface area contributed by atoms with Gasteiger partial charge >= 0.3 is 0 Å². The lowest BCUT2D eigenvalue weighted by molar-refractivity contribution is -0.125. The number of rotatable bonds is 9. The Kier molecular flexibility index (Phi) is 8.09. The maximum Gasteiger partial charge on any atom is 0.290 e. The van der Waals surface area contributed by atoms with Crippen molar-refractivity contribution in [3.05, 3.63) is 54.0 Å². The van der Waals surface area contributed by atoms with Gasteiger partial charge in [-0.15, -0.1) is 0 Å². The van der Waals surface area contributed by atoms with Gasteiger partial charge in [-0.25, -0.2) is 0 Å². The number of likely N-dealkylation sites (tertiary alicyclic amines) is 1. The number of carbonyl (C=O) groups excluding carboxylic acids is 3. The lowest BCUT2D eigenvalue weighted by Crippen LogP contribution is -2.51. The molecule has 1 fully saturated rings. The number of carbonyl (C=O) groups is 3. The van der Waals surface area contributed by atoms with Gasteiger partial charge < -0.3 is 14.1 Å². The molecule has 1 aromatic heterocycles. The number of hydrazine groups is 1. The summed E-state index contributed by atoms with van der Waals surface area (Å²) in [7, 11) is 0. The molecule has 1 aromatic carbocycles. The van der Waals surface area contributed by atoms with Crippen LogP contribution in [0.15, 0.2) is 47.1 Å². The molecule has 3 amide bonds. The fourth-order valence-corrected chi connectivity index (χ4v) is 3.52. The minimum Gasteiger partial charge on any atom is -0.494 e. The SMILES string of the molecule is CCCCCCOc1ccc(C(=O)NNC(=O)C2CCCN2C(=O)c2ccco2)cc1. The normalized spacial score (nSPS) is 15.5. The van der Waals surface area contributed by atoms with Crippen LogP contribution in [0.3, 0.4) is 0 Å². The minimum absolute atomic E-state index is 0.191. The molecule has 1 saturated heterocycles. The minimum atomic E-state index is -0.651. The molecule has 2 N–H and O–H groups in total. The molecular weight excluding hydrogens is 398 g/mol. The van der Waals surface area contributed by atoms with Gasteiger partial charge in [-0.1, -0.05) is 26.2 Å². The van der Waals surface area contributed by atoms with Gasteiger partial charge in [0.25, 0.3) is 17.7 Å². The summed E-state index contributed by atoms with van der Waals surface area (Å²) in [6.45, 7) is 3.28. The Morgan fingerprint density at radius 1 is 1.10 bits per heavy atom. The molecule has 0 spiro atoms. The first-order valence-corrected chi connectivity index (χ1v) is 10.8. The van der Waals surface area contributed by atoms with E-state index < -0.39 is 17.9 Å². The van der Waals surface area contributed by atoms with E-state index in [4.69, 9.17) is 9.15 Å². The van der Waals surface area contributed by atoms with Gasteiger partial charge in [-0.3, -0.25) is 25.2 Å². The second kappa shape index (κ2) is 11.2. The van der Waals surface area contributed by atoms with Crippen molar-refractivity contribution in [2.75, 3.05) is 13.2 Å². The Labute approximate surface area is 181 Å². The molecule has 166 valence electrons. The van der Waals surface area contributed by atoms with Gasteiger partial charge in [0.2, 0.25) is 0 Å². The molecular formula is C23H29N3O5. The Morgan fingerprint density at radius 3 is 2.61 bits per heavy atom. The maximum absolute atomic E-state index is 12.5. The molecule has 3 rings (SSSR count). The molecule has 1 unspecified atom stereocenters. The summed E-state index contributed by atoms with van der Waals surface area (Å²) in [6.07, 6.45) is 7.17. The maximum atomic E-state index is 12.5. The smallest absolute Gasteiger partial charge is 0.290 e. The Bertz CT molecular complexity index is 864. The van der Waals surface area contributed by atoms with Crippen LogP contribution in [0.5, 0.6) is 5.75 Å². The first kappa shape index (κ1) is 22.4. The van der Waals surface area contributed by atoms with Crippen LogP contribution in [0, 0.1) is 0 Å². The second-order valence-electron chi connectivity index (χ2n) is 7.51. The molecule has 0 saturated carbocycles. The average molecular weight is 428 g/mol. The van der Waals surface area contributed by atoms with Gasteiger partial charge in [0.15, 0.2) is 5.76 Å². The number of ether oxygens (including phenoxy) is 1. The van der Waals surface area contributed by atoms with Crippen LogP contribution in [0.25, 0.3) is 0 Å². The predicted octanol–water partition coefficient (Wildman–Crippen LogP) is 3.30. The predicted molar refractivity (Wildman–Crippen MR) is 114 cm³/mol. The number of unbranched alkanes of at least 4 members (excludes halogenated alkanes) is 3. The summed E-state index contributed by atoms with van der Waals surface area (Å²) in [5.74, 6) is -0.312. The molecule has 0 aliphatic carbocycles. The lowest BCUT2D eigenvalue weighted by Gasteiger charge is -2.23. The Balaban J connectivity index is 1.46. The summed E-state index contributed by atoms with van der Waals surface area (Å²) >= 11 is 0. The zero-order chi connectivity index (χ0) is 22.1. The third-order valence-electron chi connectivity index (χ3n) is 5.23. The highest BCUT2D eigenvalue weighted by Crippen LogP contribution is 2.20. The van der Waals surface area contributed by atoms with Crippen molar-refractivity contribution in [3.8, 4) is 5.75 Å². The molecule has 0 radical (unpaired) electrons. The zero-order valence-corrected chi connectivity index (χ0v) is 17.8. The summed E-state index contributed by atoms with van der Waals surface area (Å²) in [4.78, 5) is 38.8. The molecule has 2 aromatic rings. The first-order chi connectivity index (χ1) is 15.1. The van der Waals surface area contributed by atoms with Gasteiger partial charge in [-0.05, 0) is 55.7 Å². The molecule has 2 heterocycles. The van der Waals surface area contributed by atoms with E-state index in [0.717, 1.165) is 12.8 Å². The van der Waals surface area contributed by atoms with Crippen LogP contribution in [-0.2, 0) is 4.79 Å². The van der Waals surface area contributed by atoms with E-state index in [1.54, 1.807) is 36.4 Å². The summed E-state index contributed by atoms with van der Waals surface area (Å²) < 4.78 is 10.8. The topological polar surface area (TPSA) is 101 Å². The molecule has 0 bridgehead atoms. The standard InChI is InChI=1S/C23H29N3O5/c1-2-3-4-5-15-30-18-12-10-17(11-13-18)21(27)24-25-22(28)19-8-6-14-26(19)23(29)20-9-7-16-31-20/h7,9-13,16,19H,2-6,8,14-15H2,1H3,(H,24,27)(H,25,28). The third-order valence-corrected chi connectivity index (χ3v) is 5.23. The van der Waals surface area contributed by atoms with Crippen LogP contribution in [0.4, 0.5) is 0 Å². The monoisotopic (exact) mass is 427 g/mol. The molecule has 1 aliphatic heterocycles. The molecule has 1 aliphatic rings. The van der Waals surface area contributed by atoms with Crippen LogP contribution in [-0.4, -0.2) is 41.8 Å². The third kappa shape index (κ3) is 6.10. The van der Waals surface area contributed by atoms with Gasteiger partial charge in [0, 0.05) is 12.1 Å². The van der Waals surface area contributed by atoms with Crippen LogP contribution in [0.2, 0.25) is 0 Å². The highest BCUT2D eigenvalue weighted by Gasteiger charge is 2.35. The van der Waals surface area contributed by atoms with E-state index in [9.17, 15) is 14.4 Å². The van der Waals surface area contributed by atoms with Crippen molar-refractivity contribution in [3.63, 3.8) is 0 Å². The average Bonchev–Trinajstić information content (AvgIpc) is 3.49. The Hall–Kier alpha value is -3.29. The summed E-state index contributed by atoms with van der Waals surface area (Å²) in [5, 5.41) is 0. The van der Waals surface area contributed by atoms with E-state index >= 15 is 0 Å². The number of benzene rings is 1. The van der Waals surface area contributed by atoms with E-state index in [-0.39, 0.29) is 11.7 Å². The molecule has 31 heavy (non-hydrogen) atoms. The van der Waals surface area contributed by atoms with Gasteiger partial charge in [0.1, 0.15) is 11.8 Å². The number of hydrogen-bond donors (Lipinski definition) is 2. The number of amides is 3. The second-order valence-corrected chi connectivity index (χ2v) is 7.51. The van der Waals surface area contributed by atoms with Gasteiger partial charge in [0.05, 0.1) is 12.9 Å². The highest BCUT2D eigenvalue weighted by atomic mass is 16.5. The highest BCUT2D eigenvalue weighted by molar-refractivity contribution is 5.98. The summed E-state index contributed by atoms with van der Waals surface area (Å²) in [6, 6.07) is 9.30. The van der Waals surface area contributed by atoms with E-state index in [1.807, 2.05) is 0 Å². The fraction of sp³-hybridized carbons (Fsp3) is 0.435. The molecule has 1 atom stereocenters. The van der Waals surface area contributed by atoms with Crippen LogP contribution >= 0.6 is 0 Å². The van der Waals surface area contributed by atoms with Gasteiger partial charge in [-0.2, -0.15) is 0 Å². The number of hydrogen-bond acceptors (Lipinski definition) is 5. The van der Waals surface area contributed by atoms with E-state index in [1.165, 1.54) is 24.0 Å². The quantitative estimate of drug-likeness (QED) is 0.472. The molecule has 8 nitrogen and oxygen atoms in total. The van der Waals surface area contributed by atoms with Crippen LogP contribution < -0.4 is 15.6 Å². The number of nitrogens with zero attached hydrogens (tertiary/aromatic N) is 1. The van der Waals surface area contributed by atoms with Crippen molar-refractivity contribution < 1.29 is 23.5 Å². The lowest BCUT2D eigenvalue weighted by atomic mass is 10.2. The zero-order valence-electron chi connectivity index (χ0n) is 17.8. The fourth-order valence-electron chi connectivity index (χ4n) is 3.52. The van der Waals surface area contributed by atoms with E-state index in [2.05, 4.69) is 17.8 Å². The van der Waals surface area contributed by atoms with Crippen molar-refractivity contribution >= 4 is 17.7 Å². The first-order valence-electron chi connectivity index (χ1n) is 10.8. The van der Waals surface area contributed by atoms with Crippen molar-refractivity contribution in [1.29, 1.82) is 0 Å². The van der Waals surface area contributed by atoms with Crippen LogP contribution in [0.1, 0.15) is 66.4 Å². The number of nitrogens with one attached hydrogen (secondary N) is 2. The largest absolute Gasteiger partial charge is 0.494 e. The molecule has 8 heteroatoms. The van der Waals surface area contributed by atoms with E-state index in [0.29, 0.717) is 37.3 Å². The van der Waals surface area contributed by atoms with Crippen molar-refractivity contribution in [2.24, 2.45) is 0 Å². The van der Waals surface area contributed by atoms with Crippen molar-refractivity contribution in [1.82, 2.24) is 15.8 Å². The number of furan rings is 1. The Morgan fingerprint density at radius 2 is 1.90 bits per heavy atom. The summed E-state index contributed by atoms with van der Waals surface area (Å²) in [5.41, 5.74) is 5.24.